The van der Waals surface area contributed by atoms with E-state index >= 15 is 0 Å². The Morgan fingerprint density at radius 1 is 1.00 bits per heavy atom. The van der Waals surface area contributed by atoms with Gasteiger partial charge >= 0.3 is 0 Å². The van der Waals surface area contributed by atoms with Crippen molar-refractivity contribution in [3.05, 3.63) is 78.6 Å². The molecule has 0 saturated carbocycles. The predicted molar refractivity (Wildman–Crippen MR) is 140 cm³/mol. The molecule has 2 heterocycles. The highest BCUT2D eigenvalue weighted by Crippen LogP contribution is 2.35. The third-order valence-corrected chi connectivity index (χ3v) is 5.96. The highest BCUT2D eigenvalue weighted by molar-refractivity contribution is 5.91. The molecule has 1 amide bonds. The van der Waals surface area contributed by atoms with Crippen LogP contribution in [0.1, 0.15) is 24.8 Å². The second-order valence-corrected chi connectivity index (χ2v) is 8.43. The monoisotopic (exact) mass is 478 g/mol. The van der Waals surface area contributed by atoms with Gasteiger partial charge in [-0.25, -0.2) is 9.97 Å². The highest BCUT2D eigenvalue weighted by atomic mass is 16.5. The first-order valence-corrected chi connectivity index (χ1v) is 11.9. The summed E-state index contributed by atoms with van der Waals surface area (Å²) in [7, 11) is 1.61. The first-order valence-electron chi connectivity index (χ1n) is 11.9. The second kappa shape index (κ2) is 10.8. The molecule has 1 aliphatic rings. The van der Waals surface area contributed by atoms with E-state index in [1.54, 1.807) is 7.11 Å². The number of aromatic nitrogens is 2. The van der Waals surface area contributed by atoms with Crippen molar-refractivity contribution in [1.82, 2.24) is 14.9 Å². The van der Waals surface area contributed by atoms with Gasteiger partial charge in [0, 0.05) is 35.7 Å². The number of hydrogen-bond acceptors (Lipinski definition) is 6. The van der Waals surface area contributed by atoms with Gasteiger partial charge in [-0.3, -0.25) is 4.79 Å². The number of hydrogen-bond donors (Lipinski definition) is 1. The van der Waals surface area contributed by atoms with Crippen LogP contribution in [0.2, 0.25) is 0 Å². The minimum absolute atomic E-state index is 0.185. The number of methoxy groups -OCH3 is 1. The number of nitrogens with zero attached hydrogens (tertiary/aromatic N) is 3. The lowest BCUT2D eigenvalue weighted by molar-refractivity contribution is -0.132. The zero-order valence-corrected chi connectivity index (χ0v) is 20.0. The van der Waals surface area contributed by atoms with E-state index in [-0.39, 0.29) is 5.91 Å². The number of carbonyl (C=O) groups is 1. The fourth-order valence-electron chi connectivity index (χ4n) is 4.08. The van der Waals surface area contributed by atoms with Crippen LogP contribution in [0.15, 0.2) is 73.1 Å². The Kier molecular flexibility index (Phi) is 6.95. The van der Waals surface area contributed by atoms with Crippen molar-refractivity contribution in [2.75, 3.05) is 25.5 Å². The van der Waals surface area contributed by atoms with Gasteiger partial charge in [0.1, 0.15) is 17.9 Å². The van der Waals surface area contributed by atoms with Crippen molar-refractivity contribution >= 4 is 28.3 Å². The van der Waals surface area contributed by atoms with E-state index in [0.29, 0.717) is 30.3 Å². The molecule has 1 N–H and O–H groups in total. The summed E-state index contributed by atoms with van der Waals surface area (Å²) in [6, 6.07) is 21.0. The van der Waals surface area contributed by atoms with Crippen molar-refractivity contribution in [1.29, 1.82) is 0 Å². The molecule has 0 bridgehead atoms. The van der Waals surface area contributed by atoms with Crippen LogP contribution in [0, 0.1) is 11.8 Å². The molecule has 1 saturated heterocycles. The minimum atomic E-state index is 0.185. The standard InChI is InChI=1S/C29H26N4O3/c1-35-27-19-22(13-15-26(27)36-23-9-3-2-4-10-23)32-29-24-18-21(12-14-25(24)30-20-31-29)8-7-17-33-16-6-5-11-28(33)34/h2-4,9-10,12-15,18-20H,5-6,11,16-17H2,1H3,(H,30,31,32). The van der Waals surface area contributed by atoms with Crippen molar-refractivity contribution in [3.63, 3.8) is 0 Å². The Hall–Kier alpha value is -4.57. The number of anilines is 2. The minimum Gasteiger partial charge on any atom is -0.493 e. The molecular weight excluding hydrogens is 452 g/mol. The van der Waals surface area contributed by atoms with Gasteiger partial charge in [-0.1, -0.05) is 30.0 Å². The van der Waals surface area contributed by atoms with Gasteiger partial charge in [0.25, 0.3) is 0 Å². The summed E-state index contributed by atoms with van der Waals surface area (Å²) in [5, 5.41) is 4.21. The molecule has 0 spiro atoms. The first kappa shape index (κ1) is 23.2. The van der Waals surface area contributed by atoms with Gasteiger partial charge in [-0.15, -0.1) is 0 Å². The summed E-state index contributed by atoms with van der Waals surface area (Å²) in [6.07, 6.45) is 4.16. The molecule has 3 aromatic carbocycles. The van der Waals surface area contributed by atoms with E-state index in [1.165, 1.54) is 6.33 Å². The van der Waals surface area contributed by atoms with E-state index < -0.39 is 0 Å². The SMILES string of the molecule is COc1cc(Nc2ncnc3ccc(C#CCN4CCCCC4=O)cc23)ccc1Oc1ccccc1. The number of carbonyl (C=O) groups excluding carboxylic acids is 1. The predicted octanol–water partition coefficient (Wildman–Crippen LogP) is 5.54. The van der Waals surface area contributed by atoms with E-state index in [4.69, 9.17) is 9.47 Å². The van der Waals surface area contributed by atoms with Crippen LogP contribution in [0.3, 0.4) is 0 Å². The first-order chi connectivity index (χ1) is 17.7. The van der Waals surface area contributed by atoms with Crippen LogP contribution in [0.25, 0.3) is 10.9 Å². The summed E-state index contributed by atoms with van der Waals surface area (Å²) in [5.41, 5.74) is 2.45. The van der Waals surface area contributed by atoms with Gasteiger partial charge in [-0.05, 0) is 55.3 Å². The summed E-state index contributed by atoms with van der Waals surface area (Å²) >= 11 is 0. The topological polar surface area (TPSA) is 76.6 Å². The van der Waals surface area contributed by atoms with Crippen LogP contribution in [0.5, 0.6) is 17.2 Å². The molecule has 1 aliphatic heterocycles. The van der Waals surface area contributed by atoms with Gasteiger partial charge < -0.3 is 19.7 Å². The molecule has 0 atom stereocenters. The van der Waals surface area contributed by atoms with Crippen LogP contribution >= 0.6 is 0 Å². The van der Waals surface area contributed by atoms with Crippen molar-refractivity contribution in [2.24, 2.45) is 0 Å². The molecule has 180 valence electrons. The number of likely N-dealkylation sites (tertiary alicyclic amines) is 1. The zero-order valence-electron chi connectivity index (χ0n) is 20.0. The largest absolute Gasteiger partial charge is 0.493 e. The quantitative estimate of drug-likeness (QED) is 0.367. The normalized spacial score (nSPS) is 13.1. The Bertz CT molecular complexity index is 1440. The molecule has 5 rings (SSSR count). The molecule has 36 heavy (non-hydrogen) atoms. The number of nitrogens with one attached hydrogen (secondary N) is 1. The number of benzene rings is 3. The van der Waals surface area contributed by atoms with Crippen molar-refractivity contribution in [3.8, 4) is 29.1 Å². The van der Waals surface area contributed by atoms with E-state index in [2.05, 4.69) is 27.1 Å². The van der Waals surface area contributed by atoms with Gasteiger partial charge in [0.05, 0.1) is 19.2 Å². The lowest BCUT2D eigenvalue weighted by atomic mass is 10.1. The Morgan fingerprint density at radius 3 is 2.72 bits per heavy atom. The number of amides is 1. The Morgan fingerprint density at radius 2 is 1.89 bits per heavy atom. The second-order valence-electron chi connectivity index (χ2n) is 8.43. The molecule has 0 unspecified atom stereocenters. The Balaban J connectivity index is 1.36. The van der Waals surface area contributed by atoms with Gasteiger partial charge in [0.15, 0.2) is 11.5 Å². The third kappa shape index (κ3) is 5.39. The number of piperidine rings is 1. The molecule has 7 nitrogen and oxygen atoms in total. The smallest absolute Gasteiger partial charge is 0.223 e. The number of para-hydroxylation sites is 1. The maximum Gasteiger partial charge on any atom is 0.223 e. The lowest BCUT2D eigenvalue weighted by Gasteiger charge is -2.24. The lowest BCUT2D eigenvalue weighted by Crippen LogP contribution is -2.35. The summed E-state index contributed by atoms with van der Waals surface area (Å²) in [6.45, 7) is 1.23. The third-order valence-electron chi connectivity index (χ3n) is 5.96. The number of ether oxygens (including phenoxy) is 2. The van der Waals surface area contributed by atoms with E-state index in [9.17, 15) is 4.79 Å². The highest BCUT2D eigenvalue weighted by Gasteiger charge is 2.16. The molecule has 0 aliphatic carbocycles. The fourth-order valence-corrected chi connectivity index (χ4v) is 4.08. The average Bonchev–Trinajstić information content (AvgIpc) is 2.91. The van der Waals surface area contributed by atoms with Crippen LogP contribution < -0.4 is 14.8 Å². The number of rotatable bonds is 6. The molecule has 1 aromatic heterocycles. The number of fused-ring (bicyclic) bond motifs is 1. The molecule has 4 aromatic rings. The summed E-state index contributed by atoms with van der Waals surface area (Å²) in [4.78, 5) is 22.7. The summed E-state index contributed by atoms with van der Waals surface area (Å²) in [5.74, 6) is 9.12. The fraction of sp³-hybridized carbons (Fsp3) is 0.207. The zero-order chi connectivity index (χ0) is 24.7. The van der Waals surface area contributed by atoms with Gasteiger partial charge in [-0.2, -0.15) is 0 Å². The average molecular weight is 479 g/mol. The molecule has 0 radical (unpaired) electrons. The van der Waals surface area contributed by atoms with E-state index in [1.807, 2.05) is 71.6 Å². The molecule has 7 heteroatoms. The van der Waals surface area contributed by atoms with E-state index in [0.717, 1.165) is 47.3 Å². The van der Waals surface area contributed by atoms with Crippen LogP contribution in [-0.2, 0) is 4.79 Å². The summed E-state index contributed by atoms with van der Waals surface area (Å²) < 4.78 is 11.5. The maximum atomic E-state index is 12.0. The van der Waals surface area contributed by atoms with Crippen molar-refractivity contribution in [2.45, 2.75) is 19.3 Å². The molecular formula is C29H26N4O3. The van der Waals surface area contributed by atoms with Crippen molar-refractivity contribution < 1.29 is 14.3 Å². The molecule has 1 fully saturated rings. The van der Waals surface area contributed by atoms with Crippen LogP contribution in [0.4, 0.5) is 11.5 Å². The van der Waals surface area contributed by atoms with Gasteiger partial charge in [0.2, 0.25) is 5.91 Å². The Labute approximate surface area is 210 Å². The maximum absolute atomic E-state index is 12.0. The van der Waals surface area contributed by atoms with Crippen LogP contribution in [-0.4, -0.2) is 41.0 Å².